The Morgan fingerprint density at radius 2 is 2.31 bits per heavy atom. The van der Waals surface area contributed by atoms with Gasteiger partial charge in [-0.05, 0) is 13.3 Å². The lowest BCUT2D eigenvalue weighted by molar-refractivity contribution is 0.542. The molecule has 0 aliphatic rings. The van der Waals surface area contributed by atoms with Gasteiger partial charge >= 0.3 is 0 Å². The molecule has 1 rings (SSSR count). The molecule has 0 saturated heterocycles. The van der Waals surface area contributed by atoms with Crippen molar-refractivity contribution in [3.63, 3.8) is 0 Å². The molecular formula is C8H14N4S. The van der Waals surface area contributed by atoms with Gasteiger partial charge in [-0.1, -0.05) is 30.8 Å². The van der Waals surface area contributed by atoms with Crippen molar-refractivity contribution in [3.8, 4) is 0 Å². The summed E-state index contributed by atoms with van der Waals surface area (Å²) in [6.45, 7) is 4.96. The number of rotatable bonds is 4. The van der Waals surface area contributed by atoms with E-state index in [1.807, 2.05) is 11.6 Å². The zero-order valence-corrected chi connectivity index (χ0v) is 8.77. The van der Waals surface area contributed by atoms with Gasteiger partial charge in [0.2, 0.25) is 0 Å². The van der Waals surface area contributed by atoms with Gasteiger partial charge in [-0.25, -0.2) is 4.68 Å². The Bertz CT molecular complexity index is 305. The van der Waals surface area contributed by atoms with E-state index < -0.39 is 0 Å². The molecule has 0 amide bonds. The summed E-state index contributed by atoms with van der Waals surface area (Å²) in [4.78, 5) is 0.320. The Hall–Kier alpha value is -0.970. The average molecular weight is 198 g/mol. The van der Waals surface area contributed by atoms with Crippen LogP contribution in [0, 0.1) is 6.92 Å². The zero-order chi connectivity index (χ0) is 9.84. The number of hydrogen-bond acceptors (Lipinski definition) is 3. The van der Waals surface area contributed by atoms with Crippen LogP contribution >= 0.6 is 12.2 Å². The predicted molar refractivity (Wildman–Crippen MR) is 55.6 cm³/mol. The van der Waals surface area contributed by atoms with E-state index in [2.05, 4.69) is 17.2 Å². The second kappa shape index (κ2) is 4.32. The number of unbranched alkanes of at least 4 members (excludes halogenated alkanes) is 1. The number of aryl methyl sites for hydroxylation is 1. The molecule has 1 aromatic rings. The van der Waals surface area contributed by atoms with Gasteiger partial charge in [-0.3, -0.25) is 0 Å². The molecule has 0 fully saturated rings. The summed E-state index contributed by atoms with van der Waals surface area (Å²) in [5.74, 6) is 0. The molecule has 72 valence electrons. The van der Waals surface area contributed by atoms with Crippen molar-refractivity contribution in [1.82, 2.24) is 15.0 Å². The maximum Gasteiger partial charge on any atom is 0.142 e. The second-order valence-corrected chi connectivity index (χ2v) is 3.40. The summed E-state index contributed by atoms with van der Waals surface area (Å²) in [5.41, 5.74) is 7.08. The highest BCUT2D eigenvalue weighted by molar-refractivity contribution is 7.80. The van der Waals surface area contributed by atoms with E-state index in [0.717, 1.165) is 25.1 Å². The van der Waals surface area contributed by atoms with Crippen molar-refractivity contribution in [3.05, 3.63) is 11.4 Å². The highest BCUT2D eigenvalue weighted by atomic mass is 32.1. The minimum atomic E-state index is 0.320. The van der Waals surface area contributed by atoms with E-state index in [-0.39, 0.29) is 0 Å². The Kier molecular flexibility index (Phi) is 3.36. The first-order chi connectivity index (χ1) is 6.16. The van der Waals surface area contributed by atoms with Crippen LogP contribution in [0.4, 0.5) is 0 Å². The molecular weight excluding hydrogens is 184 g/mol. The highest BCUT2D eigenvalue weighted by Crippen LogP contribution is 2.04. The van der Waals surface area contributed by atoms with Crippen LogP contribution in [0.15, 0.2) is 0 Å². The summed E-state index contributed by atoms with van der Waals surface area (Å²) in [5, 5.41) is 7.89. The summed E-state index contributed by atoms with van der Waals surface area (Å²) >= 11 is 4.84. The molecule has 0 spiro atoms. The lowest BCUT2D eigenvalue weighted by Gasteiger charge is -2.00. The first-order valence-corrected chi connectivity index (χ1v) is 4.77. The van der Waals surface area contributed by atoms with E-state index >= 15 is 0 Å². The van der Waals surface area contributed by atoms with Crippen LogP contribution in [0.1, 0.15) is 31.2 Å². The lowest BCUT2D eigenvalue weighted by Crippen LogP contribution is -2.12. The normalized spacial score (nSPS) is 10.3. The topological polar surface area (TPSA) is 56.7 Å². The van der Waals surface area contributed by atoms with Crippen LogP contribution in [-0.2, 0) is 6.54 Å². The average Bonchev–Trinajstić information content (AvgIpc) is 2.43. The fraction of sp³-hybridized carbons (Fsp3) is 0.625. The fourth-order valence-corrected chi connectivity index (χ4v) is 1.30. The first-order valence-electron chi connectivity index (χ1n) is 4.36. The third kappa shape index (κ3) is 2.24. The molecule has 5 heteroatoms. The van der Waals surface area contributed by atoms with E-state index in [0.29, 0.717) is 10.7 Å². The van der Waals surface area contributed by atoms with Gasteiger partial charge in [0.15, 0.2) is 0 Å². The minimum Gasteiger partial charge on any atom is -0.388 e. The van der Waals surface area contributed by atoms with Crippen LogP contribution in [0.2, 0.25) is 0 Å². The van der Waals surface area contributed by atoms with Crippen LogP contribution in [0.3, 0.4) is 0 Å². The van der Waals surface area contributed by atoms with E-state index in [4.69, 9.17) is 18.0 Å². The predicted octanol–water partition coefficient (Wildman–Crippen LogP) is 1.02. The van der Waals surface area contributed by atoms with Gasteiger partial charge in [-0.15, -0.1) is 5.10 Å². The van der Waals surface area contributed by atoms with Gasteiger partial charge in [0.05, 0.1) is 5.69 Å². The van der Waals surface area contributed by atoms with E-state index in [9.17, 15) is 0 Å². The summed E-state index contributed by atoms with van der Waals surface area (Å²) in [6, 6.07) is 0. The van der Waals surface area contributed by atoms with Crippen molar-refractivity contribution < 1.29 is 0 Å². The number of thiocarbonyl (C=S) groups is 1. The van der Waals surface area contributed by atoms with Crippen molar-refractivity contribution >= 4 is 17.2 Å². The standard InChI is InChI=1S/C8H14N4S/c1-3-4-5-12-6(2)7(8(9)13)10-11-12/h3-5H2,1-2H3,(H2,9,13). The maximum atomic E-state index is 5.47. The zero-order valence-electron chi connectivity index (χ0n) is 7.95. The smallest absolute Gasteiger partial charge is 0.142 e. The number of hydrogen-bond donors (Lipinski definition) is 1. The molecule has 0 aromatic carbocycles. The molecule has 0 aliphatic heterocycles. The van der Waals surface area contributed by atoms with Crippen LogP contribution in [0.25, 0.3) is 0 Å². The highest BCUT2D eigenvalue weighted by Gasteiger charge is 2.09. The fourth-order valence-electron chi connectivity index (χ4n) is 1.11. The third-order valence-corrected chi connectivity index (χ3v) is 2.13. The van der Waals surface area contributed by atoms with Gasteiger partial charge in [0.1, 0.15) is 10.7 Å². The molecule has 0 radical (unpaired) electrons. The molecule has 0 bridgehead atoms. The quantitative estimate of drug-likeness (QED) is 0.734. The third-order valence-electron chi connectivity index (χ3n) is 1.94. The maximum absolute atomic E-state index is 5.47. The molecule has 0 saturated carbocycles. The Balaban J connectivity index is 2.80. The molecule has 1 aromatic heterocycles. The number of aromatic nitrogens is 3. The van der Waals surface area contributed by atoms with Crippen molar-refractivity contribution in [2.24, 2.45) is 5.73 Å². The van der Waals surface area contributed by atoms with E-state index in [1.165, 1.54) is 0 Å². The van der Waals surface area contributed by atoms with Crippen LogP contribution in [0.5, 0.6) is 0 Å². The Morgan fingerprint density at radius 3 is 2.77 bits per heavy atom. The van der Waals surface area contributed by atoms with Crippen molar-refractivity contribution in [2.75, 3.05) is 0 Å². The number of nitrogens with zero attached hydrogens (tertiary/aromatic N) is 3. The van der Waals surface area contributed by atoms with Crippen molar-refractivity contribution in [2.45, 2.75) is 33.2 Å². The van der Waals surface area contributed by atoms with Crippen LogP contribution < -0.4 is 5.73 Å². The van der Waals surface area contributed by atoms with Gasteiger partial charge in [0, 0.05) is 6.54 Å². The Morgan fingerprint density at radius 1 is 1.62 bits per heavy atom. The van der Waals surface area contributed by atoms with Crippen LogP contribution in [-0.4, -0.2) is 20.0 Å². The molecule has 0 atom stereocenters. The largest absolute Gasteiger partial charge is 0.388 e. The molecule has 13 heavy (non-hydrogen) atoms. The van der Waals surface area contributed by atoms with Gasteiger partial charge < -0.3 is 5.73 Å². The summed E-state index contributed by atoms with van der Waals surface area (Å²) < 4.78 is 1.85. The Labute approximate surface area is 83.1 Å². The number of nitrogens with two attached hydrogens (primary N) is 1. The second-order valence-electron chi connectivity index (χ2n) is 2.96. The van der Waals surface area contributed by atoms with Gasteiger partial charge in [-0.2, -0.15) is 0 Å². The summed E-state index contributed by atoms with van der Waals surface area (Å²) in [6.07, 6.45) is 2.24. The molecule has 0 unspecified atom stereocenters. The monoisotopic (exact) mass is 198 g/mol. The minimum absolute atomic E-state index is 0.320. The lowest BCUT2D eigenvalue weighted by atomic mass is 10.3. The first kappa shape index (κ1) is 10.1. The van der Waals surface area contributed by atoms with E-state index in [1.54, 1.807) is 0 Å². The molecule has 2 N–H and O–H groups in total. The van der Waals surface area contributed by atoms with Gasteiger partial charge in [0.25, 0.3) is 0 Å². The SMILES string of the molecule is CCCCn1nnc(C(N)=S)c1C. The molecule has 4 nitrogen and oxygen atoms in total. The summed E-state index contributed by atoms with van der Waals surface area (Å²) in [7, 11) is 0. The van der Waals surface area contributed by atoms with Crippen molar-refractivity contribution in [1.29, 1.82) is 0 Å². The molecule has 0 aliphatic carbocycles. The molecule has 1 heterocycles.